The molecule has 38 heavy (non-hydrogen) atoms. The van der Waals surface area contributed by atoms with E-state index in [0.29, 0.717) is 37.1 Å². The van der Waals surface area contributed by atoms with Gasteiger partial charge in [0.25, 0.3) is 5.91 Å². The average Bonchev–Trinajstić information content (AvgIpc) is 3.37. The zero-order valence-electron chi connectivity index (χ0n) is 23.2. The minimum Gasteiger partial charge on any atom is -0.399 e. The van der Waals surface area contributed by atoms with E-state index in [-0.39, 0.29) is 41.4 Å². The number of ketones is 1. The van der Waals surface area contributed by atoms with Crippen molar-refractivity contribution >= 4 is 35.1 Å². The van der Waals surface area contributed by atoms with Crippen LogP contribution in [0.25, 0.3) is 0 Å². The molecular formula is C28H41N5O5. The van der Waals surface area contributed by atoms with E-state index in [9.17, 15) is 24.0 Å². The molecular weight excluding hydrogens is 486 g/mol. The van der Waals surface area contributed by atoms with Crippen LogP contribution in [0.4, 0.5) is 5.69 Å². The number of carbonyl (C=O) groups excluding carboxylic acids is 5. The van der Waals surface area contributed by atoms with E-state index in [1.54, 1.807) is 24.3 Å². The fourth-order valence-corrected chi connectivity index (χ4v) is 5.39. The number of hydrogen-bond donors (Lipinski definition) is 3. The maximum absolute atomic E-state index is 13.7. The molecule has 10 nitrogen and oxygen atoms in total. The molecule has 2 fully saturated rings. The predicted octanol–water partition coefficient (Wildman–Crippen LogP) is 1.74. The molecule has 4 amide bonds. The van der Waals surface area contributed by atoms with Crippen molar-refractivity contribution in [2.45, 2.75) is 85.0 Å². The number of likely N-dealkylation sites (tertiary alicyclic amines) is 2. The van der Waals surface area contributed by atoms with E-state index < -0.39 is 30.1 Å². The first-order valence-electron chi connectivity index (χ1n) is 13.2. The van der Waals surface area contributed by atoms with Crippen molar-refractivity contribution < 1.29 is 24.0 Å². The third kappa shape index (κ3) is 6.90. The number of rotatable bonds is 8. The van der Waals surface area contributed by atoms with Crippen LogP contribution in [0, 0.1) is 11.3 Å². The van der Waals surface area contributed by atoms with E-state index >= 15 is 0 Å². The van der Waals surface area contributed by atoms with Gasteiger partial charge in [-0.05, 0) is 54.9 Å². The van der Waals surface area contributed by atoms with Gasteiger partial charge in [0.2, 0.25) is 17.7 Å². The molecule has 4 atom stereocenters. The first-order valence-corrected chi connectivity index (χ1v) is 13.2. The molecule has 2 aliphatic rings. The van der Waals surface area contributed by atoms with Crippen molar-refractivity contribution in [3.8, 4) is 0 Å². The molecule has 1 aromatic carbocycles. The van der Waals surface area contributed by atoms with Crippen LogP contribution < -0.4 is 16.4 Å². The van der Waals surface area contributed by atoms with E-state index in [1.807, 2.05) is 34.6 Å². The van der Waals surface area contributed by atoms with E-state index in [0.717, 1.165) is 0 Å². The zero-order valence-corrected chi connectivity index (χ0v) is 23.2. The zero-order chi connectivity index (χ0) is 28.4. The second kappa shape index (κ2) is 11.5. The molecule has 4 unspecified atom stereocenters. The van der Waals surface area contributed by atoms with Gasteiger partial charge >= 0.3 is 0 Å². The van der Waals surface area contributed by atoms with Crippen molar-refractivity contribution in [3.63, 3.8) is 0 Å². The first-order chi connectivity index (χ1) is 17.7. The quantitative estimate of drug-likeness (QED) is 0.440. The number of amides is 4. The molecule has 0 bridgehead atoms. The number of nitrogens with one attached hydrogen (secondary N) is 2. The molecule has 3 rings (SSSR count). The number of anilines is 1. The molecule has 0 radical (unpaired) electrons. The van der Waals surface area contributed by atoms with Crippen molar-refractivity contribution in [1.82, 2.24) is 20.4 Å². The van der Waals surface area contributed by atoms with Crippen molar-refractivity contribution in [3.05, 3.63) is 29.8 Å². The van der Waals surface area contributed by atoms with Crippen LogP contribution in [0.1, 0.15) is 71.2 Å². The van der Waals surface area contributed by atoms with Gasteiger partial charge in [-0.15, -0.1) is 0 Å². The lowest BCUT2D eigenvalue weighted by Gasteiger charge is -2.31. The third-order valence-corrected chi connectivity index (χ3v) is 6.96. The molecule has 0 saturated carbocycles. The summed E-state index contributed by atoms with van der Waals surface area (Å²) in [5, 5.41) is 5.59. The molecule has 0 aromatic heterocycles. The normalized spacial score (nSPS) is 20.8. The standard InChI is InChI=1S/C28H41N5O5/c1-16(2)13-20(31-25(36)18-7-9-19(29)10-8-18)26(37)32-12-11-22-24(32)23(35)15-33(22)27(38)21(30-17(3)34)14-28(4,5)6/h7-10,16,20-22,24H,11-15,29H2,1-6H3,(H,30,34)(H,31,36). The Kier molecular flexibility index (Phi) is 8.84. The second-order valence-corrected chi connectivity index (χ2v) is 12.1. The number of carbonyl (C=O) groups is 5. The molecule has 10 heteroatoms. The number of Topliss-reactive ketones (excluding diaryl/α,β-unsaturated/α-hetero) is 1. The van der Waals surface area contributed by atoms with Gasteiger partial charge in [-0.3, -0.25) is 24.0 Å². The lowest BCUT2D eigenvalue weighted by molar-refractivity contribution is -0.138. The van der Waals surface area contributed by atoms with Gasteiger partial charge in [-0.25, -0.2) is 0 Å². The fourth-order valence-electron chi connectivity index (χ4n) is 5.39. The van der Waals surface area contributed by atoms with Gasteiger partial charge in [-0.2, -0.15) is 0 Å². The molecule has 4 N–H and O–H groups in total. The number of fused-ring (bicyclic) bond motifs is 1. The van der Waals surface area contributed by atoms with Crippen LogP contribution in [-0.4, -0.2) is 76.5 Å². The fraction of sp³-hybridized carbons (Fsp3) is 0.607. The summed E-state index contributed by atoms with van der Waals surface area (Å²) in [5.41, 5.74) is 6.41. The number of nitrogen functional groups attached to an aromatic ring is 1. The molecule has 2 saturated heterocycles. The maximum Gasteiger partial charge on any atom is 0.251 e. The highest BCUT2D eigenvalue weighted by molar-refractivity contribution is 6.01. The Balaban J connectivity index is 1.78. The summed E-state index contributed by atoms with van der Waals surface area (Å²) in [6.45, 7) is 11.4. The summed E-state index contributed by atoms with van der Waals surface area (Å²) in [6, 6.07) is 3.65. The summed E-state index contributed by atoms with van der Waals surface area (Å²) < 4.78 is 0. The Morgan fingerprint density at radius 2 is 1.61 bits per heavy atom. The lowest BCUT2D eigenvalue weighted by atomic mass is 9.87. The van der Waals surface area contributed by atoms with Crippen LogP contribution >= 0.6 is 0 Å². The van der Waals surface area contributed by atoms with Crippen LogP contribution in [0.5, 0.6) is 0 Å². The minimum atomic E-state index is -0.815. The molecule has 0 aliphatic carbocycles. The summed E-state index contributed by atoms with van der Waals surface area (Å²) in [5.74, 6) is -1.44. The van der Waals surface area contributed by atoms with Gasteiger partial charge in [-0.1, -0.05) is 34.6 Å². The number of hydrogen-bond acceptors (Lipinski definition) is 6. The molecule has 0 spiro atoms. The topological polar surface area (TPSA) is 142 Å². The van der Waals surface area contributed by atoms with Crippen LogP contribution in [0.3, 0.4) is 0 Å². The number of nitrogens with two attached hydrogens (primary N) is 1. The number of nitrogens with zero attached hydrogens (tertiary/aromatic N) is 2. The Morgan fingerprint density at radius 1 is 1.00 bits per heavy atom. The maximum atomic E-state index is 13.7. The van der Waals surface area contributed by atoms with Crippen molar-refractivity contribution in [2.24, 2.45) is 11.3 Å². The van der Waals surface area contributed by atoms with E-state index in [4.69, 9.17) is 5.73 Å². The molecule has 2 heterocycles. The smallest absolute Gasteiger partial charge is 0.251 e. The Morgan fingerprint density at radius 3 is 2.16 bits per heavy atom. The molecule has 2 aliphatic heterocycles. The molecule has 1 aromatic rings. The first kappa shape index (κ1) is 29.1. The number of benzene rings is 1. The summed E-state index contributed by atoms with van der Waals surface area (Å²) >= 11 is 0. The predicted molar refractivity (Wildman–Crippen MR) is 144 cm³/mol. The highest BCUT2D eigenvalue weighted by Crippen LogP contribution is 2.32. The Labute approximate surface area is 224 Å². The van der Waals surface area contributed by atoms with E-state index in [2.05, 4.69) is 10.6 Å². The van der Waals surface area contributed by atoms with Crippen LogP contribution in [-0.2, 0) is 19.2 Å². The van der Waals surface area contributed by atoms with Gasteiger partial charge in [0, 0.05) is 24.7 Å². The van der Waals surface area contributed by atoms with Gasteiger partial charge in [0.1, 0.15) is 18.1 Å². The van der Waals surface area contributed by atoms with Crippen molar-refractivity contribution in [1.29, 1.82) is 0 Å². The summed E-state index contributed by atoms with van der Waals surface area (Å²) in [6.07, 6.45) is 1.28. The summed E-state index contributed by atoms with van der Waals surface area (Å²) in [4.78, 5) is 68.2. The third-order valence-electron chi connectivity index (χ3n) is 6.96. The monoisotopic (exact) mass is 527 g/mol. The van der Waals surface area contributed by atoms with Crippen LogP contribution in [0.2, 0.25) is 0 Å². The Bertz CT molecular complexity index is 1080. The largest absolute Gasteiger partial charge is 0.399 e. The summed E-state index contributed by atoms with van der Waals surface area (Å²) in [7, 11) is 0. The average molecular weight is 528 g/mol. The van der Waals surface area contributed by atoms with Gasteiger partial charge in [0.15, 0.2) is 5.78 Å². The van der Waals surface area contributed by atoms with Crippen LogP contribution in [0.15, 0.2) is 24.3 Å². The minimum absolute atomic E-state index is 0.106. The SMILES string of the molecule is CC(=O)NC(CC(C)(C)C)C(=O)N1CC(=O)C2C1CCN2C(=O)C(CC(C)C)NC(=O)c1ccc(N)cc1. The van der Waals surface area contributed by atoms with Gasteiger partial charge < -0.3 is 26.2 Å². The van der Waals surface area contributed by atoms with Gasteiger partial charge in [0.05, 0.1) is 12.6 Å². The Hall–Kier alpha value is -3.43. The van der Waals surface area contributed by atoms with Crippen molar-refractivity contribution in [2.75, 3.05) is 18.8 Å². The second-order valence-electron chi connectivity index (χ2n) is 12.1. The highest BCUT2D eigenvalue weighted by atomic mass is 16.2. The molecule has 208 valence electrons. The lowest BCUT2D eigenvalue weighted by Crippen LogP contribution is -2.53. The highest BCUT2D eigenvalue weighted by Gasteiger charge is 2.53. The van der Waals surface area contributed by atoms with E-state index in [1.165, 1.54) is 16.7 Å².